The Bertz CT molecular complexity index is 190. The second kappa shape index (κ2) is 6.58. The maximum Gasteiger partial charge on any atom is 0.0136 e. The van der Waals surface area contributed by atoms with Gasteiger partial charge in [0.2, 0.25) is 0 Å². The number of hydrogen-bond acceptors (Lipinski definition) is 3. The zero-order valence-corrected chi connectivity index (χ0v) is 11.4. The average molecular weight is 227 g/mol. The van der Waals surface area contributed by atoms with Crippen molar-refractivity contribution in [1.82, 2.24) is 9.80 Å². The fourth-order valence-electron chi connectivity index (χ4n) is 2.50. The van der Waals surface area contributed by atoms with Crippen LogP contribution in [0.1, 0.15) is 26.7 Å². The second-order valence-electron chi connectivity index (χ2n) is 5.83. The van der Waals surface area contributed by atoms with E-state index in [-0.39, 0.29) is 0 Å². The first-order chi connectivity index (χ1) is 7.54. The van der Waals surface area contributed by atoms with Crippen molar-refractivity contribution in [2.75, 3.05) is 40.3 Å². The molecule has 0 radical (unpaired) electrons. The van der Waals surface area contributed by atoms with Crippen LogP contribution in [-0.2, 0) is 0 Å². The lowest BCUT2D eigenvalue weighted by Crippen LogP contribution is -2.52. The summed E-state index contributed by atoms with van der Waals surface area (Å²) < 4.78 is 0. The van der Waals surface area contributed by atoms with E-state index in [9.17, 15) is 0 Å². The number of hydrogen-bond donors (Lipinski definition) is 1. The van der Waals surface area contributed by atoms with Crippen molar-refractivity contribution in [3.63, 3.8) is 0 Å². The van der Waals surface area contributed by atoms with Gasteiger partial charge in [0, 0.05) is 25.7 Å². The Morgan fingerprint density at radius 3 is 2.25 bits per heavy atom. The fourth-order valence-corrected chi connectivity index (χ4v) is 2.50. The van der Waals surface area contributed by atoms with E-state index in [1.807, 2.05) is 0 Å². The smallest absolute Gasteiger partial charge is 0.0136 e. The van der Waals surface area contributed by atoms with Crippen LogP contribution >= 0.6 is 0 Å². The van der Waals surface area contributed by atoms with Crippen molar-refractivity contribution in [1.29, 1.82) is 0 Å². The molecule has 0 aromatic rings. The molecule has 1 fully saturated rings. The Hall–Kier alpha value is -0.120. The van der Waals surface area contributed by atoms with Gasteiger partial charge >= 0.3 is 0 Å². The SMILES string of the molecule is CC(C)CN(CCN(C)C)C1CCC1CN. The number of nitrogens with zero attached hydrogens (tertiary/aromatic N) is 2. The third kappa shape index (κ3) is 4.04. The van der Waals surface area contributed by atoms with Crippen LogP contribution in [0, 0.1) is 11.8 Å². The van der Waals surface area contributed by atoms with Gasteiger partial charge in [-0.3, -0.25) is 4.90 Å². The average Bonchev–Trinajstić information content (AvgIpc) is 2.12. The molecule has 0 saturated heterocycles. The van der Waals surface area contributed by atoms with E-state index >= 15 is 0 Å². The molecule has 3 nitrogen and oxygen atoms in total. The molecule has 0 aromatic heterocycles. The van der Waals surface area contributed by atoms with Crippen molar-refractivity contribution in [2.24, 2.45) is 17.6 Å². The Morgan fingerprint density at radius 1 is 1.19 bits per heavy atom. The Morgan fingerprint density at radius 2 is 1.88 bits per heavy atom. The summed E-state index contributed by atoms with van der Waals surface area (Å²) in [6, 6.07) is 0.757. The summed E-state index contributed by atoms with van der Waals surface area (Å²) in [4.78, 5) is 4.93. The molecule has 0 heterocycles. The maximum absolute atomic E-state index is 5.81. The quantitative estimate of drug-likeness (QED) is 0.710. The first-order valence-corrected chi connectivity index (χ1v) is 6.63. The molecule has 0 aromatic carbocycles. The molecule has 1 aliphatic carbocycles. The highest BCUT2D eigenvalue weighted by atomic mass is 15.2. The molecule has 2 unspecified atom stereocenters. The maximum atomic E-state index is 5.81. The Labute approximate surface area is 101 Å². The van der Waals surface area contributed by atoms with E-state index in [0.717, 1.165) is 31.0 Å². The van der Waals surface area contributed by atoms with E-state index in [0.29, 0.717) is 0 Å². The number of rotatable bonds is 7. The highest BCUT2D eigenvalue weighted by Crippen LogP contribution is 2.31. The Kier molecular flexibility index (Phi) is 5.73. The van der Waals surface area contributed by atoms with Crippen LogP contribution in [0.25, 0.3) is 0 Å². The minimum absolute atomic E-state index is 0.751. The van der Waals surface area contributed by atoms with Crippen LogP contribution in [0.15, 0.2) is 0 Å². The lowest BCUT2D eigenvalue weighted by molar-refractivity contribution is 0.0520. The molecule has 3 heteroatoms. The topological polar surface area (TPSA) is 32.5 Å². The summed E-state index contributed by atoms with van der Waals surface area (Å²) in [5.74, 6) is 1.50. The van der Waals surface area contributed by atoms with Gasteiger partial charge in [-0.15, -0.1) is 0 Å². The highest BCUT2D eigenvalue weighted by Gasteiger charge is 2.34. The Balaban J connectivity index is 2.43. The molecule has 0 spiro atoms. The molecule has 96 valence electrons. The lowest BCUT2D eigenvalue weighted by Gasteiger charge is -2.45. The minimum Gasteiger partial charge on any atom is -0.330 e. The predicted molar refractivity (Wildman–Crippen MR) is 70.5 cm³/mol. The van der Waals surface area contributed by atoms with E-state index in [1.165, 1.54) is 25.9 Å². The highest BCUT2D eigenvalue weighted by molar-refractivity contribution is 4.89. The van der Waals surface area contributed by atoms with Crippen molar-refractivity contribution in [3.8, 4) is 0 Å². The fraction of sp³-hybridized carbons (Fsp3) is 1.00. The van der Waals surface area contributed by atoms with E-state index in [2.05, 4.69) is 37.7 Å². The van der Waals surface area contributed by atoms with E-state index in [1.54, 1.807) is 0 Å². The zero-order valence-electron chi connectivity index (χ0n) is 11.4. The first-order valence-electron chi connectivity index (χ1n) is 6.63. The molecule has 0 aliphatic heterocycles. The summed E-state index contributed by atoms with van der Waals surface area (Å²) in [5.41, 5.74) is 5.81. The predicted octanol–water partition coefficient (Wildman–Crippen LogP) is 1.24. The van der Waals surface area contributed by atoms with Gasteiger partial charge in [0.05, 0.1) is 0 Å². The van der Waals surface area contributed by atoms with Gasteiger partial charge in [0.15, 0.2) is 0 Å². The first kappa shape index (κ1) is 13.9. The van der Waals surface area contributed by atoms with Gasteiger partial charge in [-0.05, 0) is 45.3 Å². The largest absolute Gasteiger partial charge is 0.330 e. The molecule has 1 rings (SSSR count). The lowest BCUT2D eigenvalue weighted by atomic mass is 9.78. The van der Waals surface area contributed by atoms with Gasteiger partial charge in [-0.2, -0.15) is 0 Å². The molecule has 1 aliphatic rings. The summed E-state index contributed by atoms with van der Waals surface area (Å²) in [6.07, 6.45) is 2.68. The summed E-state index contributed by atoms with van der Waals surface area (Å²) in [6.45, 7) is 9.03. The van der Waals surface area contributed by atoms with Crippen LogP contribution in [-0.4, -0.2) is 56.1 Å². The van der Waals surface area contributed by atoms with E-state index in [4.69, 9.17) is 5.73 Å². The molecular formula is C13H29N3. The van der Waals surface area contributed by atoms with Gasteiger partial charge in [0.1, 0.15) is 0 Å². The second-order valence-corrected chi connectivity index (χ2v) is 5.83. The summed E-state index contributed by atoms with van der Waals surface area (Å²) in [5, 5.41) is 0. The van der Waals surface area contributed by atoms with Gasteiger partial charge in [-0.1, -0.05) is 13.8 Å². The van der Waals surface area contributed by atoms with Gasteiger partial charge < -0.3 is 10.6 Å². The number of nitrogens with two attached hydrogens (primary N) is 1. The van der Waals surface area contributed by atoms with Crippen molar-refractivity contribution in [3.05, 3.63) is 0 Å². The third-order valence-corrected chi connectivity index (χ3v) is 3.58. The van der Waals surface area contributed by atoms with Gasteiger partial charge in [-0.25, -0.2) is 0 Å². The van der Waals surface area contributed by atoms with Crippen LogP contribution in [0.4, 0.5) is 0 Å². The van der Waals surface area contributed by atoms with E-state index < -0.39 is 0 Å². The van der Waals surface area contributed by atoms with Crippen LogP contribution in [0.5, 0.6) is 0 Å². The van der Waals surface area contributed by atoms with Crippen LogP contribution < -0.4 is 5.73 Å². The van der Waals surface area contributed by atoms with Gasteiger partial charge in [0.25, 0.3) is 0 Å². The van der Waals surface area contributed by atoms with Crippen molar-refractivity contribution < 1.29 is 0 Å². The third-order valence-electron chi connectivity index (χ3n) is 3.58. The minimum atomic E-state index is 0.751. The molecule has 2 atom stereocenters. The standard InChI is InChI=1S/C13H29N3/c1-11(2)10-16(8-7-15(3)4)13-6-5-12(13)9-14/h11-13H,5-10,14H2,1-4H3. The molecule has 2 N–H and O–H groups in total. The van der Waals surface area contributed by atoms with Crippen LogP contribution in [0.2, 0.25) is 0 Å². The summed E-state index contributed by atoms with van der Waals surface area (Å²) >= 11 is 0. The molecule has 0 amide bonds. The molecule has 16 heavy (non-hydrogen) atoms. The monoisotopic (exact) mass is 227 g/mol. The molecule has 1 saturated carbocycles. The molecule has 0 bridgehead atoms. The molecular weight excluding hydrogens is 198 g/mol. The van der Waals surface area contributed by atoms with Crippen molar-refractivity contribution >= 4 is 0 Å². The van der Waals surface area contributed by atoms with Crippen LogP contribution in [0.3, 0.4) is 0 Å². The zero-order chi connectivity index (χ0) is 12.1. The number of likely N-dealkylation sites (N-methyl/N-ethyl adjacent to an activating group) is 1. The van der Waals surface area contributed by atoms with Crippen molar-refractivity contribution in [2.45, 2.75) is 32.7 Å². The summed E-state index contributed by atoms with van der Waals surface area (Å²) in [7, 11) is 4.30. The normalized spacial score (nSPS) is 25.5.